The fourth-order valence-corrected chi connectivity index (χ4v) is 3.90. The lowest BCUT2D eigenvalue weighted by atomic mass is 9.94. The van der Waals surface area contributed by atoms with Crippen LogP contribution in [0.5, 0.6) is 0 Å². The summed E-state index contributed by atoms with van der Waals surface area (Å²) in [5, 5.41) is 3.27. The molecule has 1 aromatic heterocycles. The van der Waals surface area contributed by atoms with Crippen LogP contribution in [0.4, 0.5) is 13.2 Å². The van der Waals surface area contributed by atoms with Gasteiger partial charge in [-0.3, -0.25) is 14.6 Å². The number of nitrogens with zero attached hydrogens (tertiary/aromatic N) is 2. The van der Waals surface area contributed by atoms with Crippen molar-refractivity contribution < 1.29 is 22.8 Å². The summed E-state index contributed by atoms with van der Waals surface area (Å²) in [4.78, 5) is 30.1. The minimum absolute atomic E-state index is 0.121. The summed E-state index contributed by atoms with van der Waals surface area (Å²) in [6, 6.07) is 7.43. The first-order valence-corrected chi connectivity index (χ1v) is 10.5. The van der Waals surface area contributed by atoms with Crippen molar-refractivity contribution in [3.8, 4) is 0 Å². The van der Waals surface area contributed by atoms with E-state index in [0.717, 1.165) is 32.1 Å². The van der Waals surface area contributed by atoms with Crippen LogP contribution in [0.2, 0.25) is 5.02 Å². The molecule has 31 heavy (non-hydrogen) atoms. The SMILES string of the molecule is O=C(NC1CCCCC1)C(c1ccncc1)N(Cc1ccc(Cl)cc1)C(=O)C(F)(F)F. The third-order valence-corrected chi connectivity index (χ3v) is 5.55. The number of carbonyl (C=O) groups is 2. The third kappa shape index (κ3) is 6.19. The average molecular weight is 454 g/mol. The number of hydrogen-bond donors (Lipinski definition) is 1. The standard InChI is InChI=1S/C22H23ClF3N3O2/c23-17-8-6-15(7-9-17)14-29(21(31)22(24,25)26)19(16-10-12-27-13-11-16)20(30)28-18-4-2-1-3-5-18/h6-13,18-19H,1-5,14H2,(H,28,30). The van der Waals surface area contributed by atoms with Gasteiger partial charge in [0.05, 0.1) is 0 Å². The van der Waals surface area contributed by atoms with E-state index in [9.17, 15) is 22.8 Å². The van der Waals surface area contributed by atoms with E-state index in [-0.39, 0.29) is 11.6 Å². The minimum Gasteiger partial charge on any atom is -0.351 e. The van der Waals surface area contributed by atoms with Gasteiger partial charge < -0.3 is 10.2 Å². The van der Waals surface area contributed by atoms with Gasteiger partial charge in [0, 0.05) is 30.0 Å². The summed E-state index contributed by atoms with van der Waals surface area (Å²) >= 11 is 5.87. The van der Waals surface area contributed by atoms with Gasteiger partial charge in [0.2, 0.25) is 5.91 Å². The Balaban J connectivity index is 1.97. The number of nitrogens with one attached hydrogen (secondary N) is 1. The zero-order valence-corrected chi connectivity index (χ0v) is 17.5. The molecular weight excluding hydrogens is 431 g/mol. The number of hydrogen-bond acceptors (Lipinski definition) is 3. The highest BCUT2D eigenvalue weighted by molar-refractivity contribution is 6.30. The van der Waals surface area contributed by atoms with Crippen LogP contribution in [-0.2, 0) is 16.1 Å². The van der Waals surface area contributed by atoms with Crippen LogP contribution in [0, 0.1) is 0 Å². The summed E-state index contributed by atoms with van der Waals surface area (Å²) in [6.45, 7) is -0.402. The van der Waals surface area contributed by atoms with E-state index in [2.05, 4.69) is 10.3 Å². The van der Waals surface area contributed by atoms with E-state index in [4.69, 9.17) is 11.6 Å². The quantitative estimate of drug-likeness (QED) is 0.682. The van der Waals surface area contributed by atoms with Crippen molar-refractivity contribution in [1.29, 1.82) is 0 Å². The monoisotopic (exact) mass is 453 g/mol. The number of carbonyl (C=O) groups excluding carboxylic acids is 2. The molecule has 1 heterocycles. The van der Waals surface area contributed by atoms with Crippen LogP contribution in [0.25, 0.3) is 0 Å². The van der Waals surface area contributed by atoms with Gasteiger partial charge >= 0.3 is 12.1 Å². The lowest BCUT2D eigenvalue weighted by Crippen LogP contribution is -2.50. The van der Waals surface area contributed by atoms with Gasteiger partial charge in [0.25, 0.3) is 0 Å². The van der Waals surface area contributed by atoms with E-state index in [1.807, 2.05) is 0 Å². The molecule has 166 valence electrons. The molecule has 0 radical (unpaired) electrons. The van der Waals surface area contributed by atoms with E-state index in [0.29, 0.717) is 15.5 Å². The Labute approximate surface area is 183 Å². The summed E-state index contributed by atoms with van der Waals surface area (Å²) in [7, 11) is 0. The van der Waals surface area contributed by atoms with Gasteiger partial charge in [-0.25, -0.2) is 0 Å². The minimum atomic E-state index is -5.14. The smallest absolute Gasteiger partial charge is 0.351 e. The van der Waals surface area contributed by atoms with Crippen molar-refractivity contribution in [3.05, 3.63) is 64.9 Å². The molecule has 3 rings (SSSR count). The summed E-state index contributed by atoms with van der Waals surface area (Å²) < 4.78 is 40.5. The molecule has 1 unspecified atom stereocenters. The summed E-state index contributed by atoms with van der Waals surface area (Å²) in [5.41, 5.74) is 0.682. The third-order valence-electron chi connectivity index (χ3n) is 5.30. The van der Waals surface area contributed by atoms with Crippen LogP contribution >= 0.6 is 11.6 Å². The Morgan fingerprint density at radius 1 is 1.06 bits per heavy atom. The molecule has 1 atom stereocenters. The molecule has 1 aliphatic rings. The predicted octanol–water partition coefficient (Wildman–Crippen LogP) is 4.82. The highest BCUT2D eigenvalue weighted by atomic mass is 35.5. The van der Waals surface area contributed by atoms with Crippen molar-refractivity contribution >= 4 is 23.4 Å². The van der Waals surface area contributed by atoms with E-state index in [1.54, 1.807) is 0 Å². The molecule has 2 aromatic rings. The highest BCUT2D eigenvalue weighted by Crippen LogP contribution is 2.30. The maximum atomic E-state index is 13.5. The molecule has 0 saturated heterocycles. The first-order chi connectivity index (χ1) is 14.8. The Kier molecular flexibility index (Phi) is 7.54. The van der Waals surface area contributed by atoms with Crippen molar-refractivity contribution in [2.45, 2.75) is 56.9 Å². The number of amides is 2. The summed E-state index contributed by atoms with van der Waals surface area (Å²) in [5.74, 6) is -2.72. The van der Waals surface area contributed by atoms with Crippen LogP contribution in [0.15, 0.2) is 48.8 Å². The fourth-order valence-electron chi connectivity index (χ4n) is 3.78. The lowest BCUT2D eigenvalue weighted by Gasteiger charge is -2.33. The largest absolute Gasteiger partial charge is 0.471 e. The number of benzene rings is 1. The van der Waals surface area contributed by atoms with Gasteiger partial charge in [0.1, 0.15) is 6.04 Å². The van der Waals surface area contributed by atoms with E-state index >= 15 is 0 Å². The second-order valence-corrected chi connectivity index (χ2v) is 8.02. The number of halogens is 4. The Bertz CT molecular complexity index is 885. The predicted molar refractivity (Wildman–Crippen MR) is 110 cm³/mol. The molecule has 0 aliphatic heterocycles. The van der Waals surface area contributed by atoms with Crippen LogP contribution in [0.3, 0.4) is 0 Å². The Hall–Kier alpha value is -2.61. The zero-order chi connectivity index (χ0) is 22.4. The number of rotatable bonds is 6. The molecule has 5 nitrogen and oxygen atoms in total. The first kappa shape index (κ1) is 23.1. The fraction of sp³-hybridized carbons (Fsp3) is 0.409. The molecule has 9 heteroatoms. The van der Waals surface area contributed by atoms with Crippen molar-refractivity contribution in [1.82, 2.24) is 15.2 Å². The molecule has 0 spiro atoms. The Morgan fingerprint density at radius 3 is 2.26 bits per heavy atom. The lowest BCUT2D eigenvalue weighted by molar-refractivity contribution is -0.189. The second-order valence-electron chi connectivity index (χ2n) is 7.58. The number of aromatic nitrogens is 1. The average Bonchev–Trinajstić information content (AvgIpc) is 2.75. The van der Waals surface area contributed by atoms with Gasteiger partial charge in [-0.2, -0.15) is 13.2 Å². The van der Waals surface area contributed by atoms with Gasteiger partial charge in [-0.05, 0) is 48.2 Å². The first-order valence-electron chi connectivity index (χ1n) is 10.1. The highest BCUT2D eigenvalue weighted by Gasteiger charge is 2.46. The van der Waals surface area contributed by atoms with Gasteiger partial charge in [-0.1, -0.05) is 43.0 Å². The Morgan fingerprint density at radius 2 is 1.68 bits per heavy atom. The van der Waals surface area contributed by atoms with Crippen molar-refractivity contribution in [2.75, 3.05) is 0 Å². The van der Waals surface area contributed by atoms with Crippen LogP contribution in [-0.4, -0.2) is 33.9 Å². The molecule has 2 amide bonds. The van der Waals surface area contributed by atoms with Gasteiger partial charge in [-0.15, -0.1) is 0 Å². The van der Waals surface area contributed by atoms with Gasteiger partial charge in [0.15, 0.2) is 0 Å². The number of alkyl halides is 3. The molecule has 1 N–H and O–H groups in total. The molecule has 0 bridgehead atoms. The topological polar surface area (TPSA) is 62.3 Å². The van der Waals surface area contributed by atoms with E-state index in [1.165, 1.54) is 48.8 Å². The normalized spacial score (nSPS) is 15.9. The second kappa shape index (κ2) is 10.1. The summed E-state index contributed by atoms with van der Waals surface area (Å²) in [6.07, 6.45) is 2.11. The maximum Gasteiger partial charge on any atom is 0.471 e. The maximum absolute atomic E-state index is 13.5. The zero-order valence-electron chi connectivity index (χ0n) is 16.7. The van der Waals surface area contributed by atoms with Crippen molar-refractivity contribution in [3.63, 3.8) is 0 Å². The van der Waals surface area contributed by atoms with Crippen LogP contribution in [0.1, 0.15) is 49.3 Å². The van der Waals surface area contributed by atoms with Crippen LogP contribution < -0.4 is 5.32 Å². The molecule has 1 saturated carbocycles. The molecule has 1 aromatic carbocycles. The van der Waals surface area contributed by atoms with Crippen molar-refractivity contribution in [2.24, 2.45) is 0 Å². The molecule has 1 fully saturated rings. The van der Waals surface area contributed by atoms with E-state index < -0.39 is 30.6 Å². The molecule has 1 aliphatic carbocycles. The number of pyridine rings is 1. The molecular formula is C22H23ClF3N3O2.